The summed E-state index contributed by atoms with van der Waals surface area (Å²) in [5, 5.41) is 6.90. The third-order valence-electron chi connectivity index (χ3n) is 5.26. The van der Waals surface area contributed by atoms with Crippen molar-refractivity contribution in [3.05, 3.63) is 18.0 Å². The van der Waals surface area contributed by atoms with Crippen molar-refractivity contribution in [1.82, 2.24) is 29.8 Å². The van der Waals surface area contributed by atoms with Gasteiger partial charge in [0, 0.05) is 44.5 Å². The summed E-state index contributed by atoms with van der Waals surface area (Å²) in [5.41, 5.74) is 1.26. The summed E-state index contributed by atoms with van der Waals surface area (Å²) in [5.74, 6) is 0.375. The van der Waals surface area contributed by atoms with Gasteiger partial charge in [0.15, 0.2) is 0 Å². The molecule has 3 amide bonds. The predicted octanol–water partition coefficient (Wildman–Crippen LogP) is 0.287. The van der Waals surface area contributed by atoms with Crippen molar-refractivity contribution in [2.75, 3.05) is 46.8 Å². The van der Waals surface area contributed by atoms with E-state index in [0.717, 1.165) is 13.1 Å². The van der Waals surface area contributed by atoms with Crippen LogP contribution in [0.25, 0.3) is 0 Å². The minimum absolute atomic E-state index is 0.124. The molecule has 1 N–H and O–H groups in total. The Morgan fingerprint density at radius 2 is 2.16 bits per heavy atom. The van der Waals surface area contributed by atoms with Crippen LogP contribution in [-0.2, 0) is 11.8 Å². The number of likely N-dealkylation sites (tertiary alicyclic amines) is 1. The minimum Gasteiger partial charge on any atom is -0.329 e. The average molecular weight is 348 g/mol. The van der Waals surface area contributed by atoms with Gasteiger partial charge >= 0.3 is 6.03 Å². The highest BCUT2D eigenvalue weighted by molar-refractivity contribution is 6.01. The molecule has 0 aliphatic carbocycles. The van der Waals surface area contributed by atoms with Gasteiger partial charge in [0.25, 0.3) is 0 Å². The molecule has 8 nitrogen and oxygen atoms in total. The van der Waals surface area contributed by atoms with Crippen molar-refractivity contribution in [3.8, 4) is 0 Å². The summed E-state index contributed by atoms with van der Waals surface area (Å²) >= 11 is 0. The molecular weight excluding hydrogens is 320 g/mol. The maximum absolute atomic E-state index is 11.7. The monoisotopic (exact) mass is 348 g/mol. The highest BCUT2D eigenvalue weighted by Gasteiger charge is 2.33. The Hall–Kier alpha value is -1.93. The lowest BCUT2D eigenvalue weighted by Crippen LogP contribution is -2.43. The average Bonchev–Trinajstić information content (AvgIpc) is 3.12. The molecule has 2 atom stereocenters. The number of amides is 3. The zero-order chi connectivity index (χ0) is 18.0. The second-order valence-electron chi connectivity index (χ2n) is 7.24. The first-order chi connectivity index (χ1) is 12.0. The number of piperidine rings is 1. The molecule has 0 saturated carbocycles. The van der Waals surface area contributed by atoms with Crippen LogP contribution in [0.3, 0.4) is 0 Å². The molecule has 8 heteroatoms. The molecule has 3 rings (SSSR count). The molecule has 3 heterocycles. The van der Waals surface area contributed by atoms with Crippen LogP contribution in [0.2, 0.25) is 0 Å². The van der Waals surface area contributed by atoms with Crippen LogP contribution in [-0.4, -0.2) is 83.2 Å². The van der Waals surface area contributed by atoms with E-state index in [-0.39, 0.29) is 18.5 Å². The van der Waals surface area contributed by atoms with Gasteiger partial charge in [-0.1, -0.05) is 0 Å². The van der Waals surface area contributed by atoms with Crippen molar-refractivity contribution in [1.29, 1.82) is 0 Å². The van der Waals surface area contributed by atoms with Gasteiger partial charge < -0.3 is 10.2 Å². The minimum atomic E-state index is -0.274. The fraction of sp³-hybridized carbons (Fsp3) is 0.706. The molecule has 1 aromatic heterocycles. The van der Waals surface area contributed by atoms with Crippen molar-refractivity contribution >= 4 is 11.9 Å². The third-order valence-corrected chi connectivity index (χ3v) is 5.26. The van der Waals surface area contributed by atoms with E-state index in [1.54, 1.807) is 0 Å². The van der Waals surface area contributed by atoms with E-state index in [1.807, 2.05) is 17.9 Å². The zero-order valence-corrected chi connectivity index (χ0v) is 15.3. The Bertz CT molecular complexity index is 614. The van der Waals surface area contributed by atoms with Crippen LogP contribution in [0.15, 0.2) is 12.4 Å². The summed E-state index contributed by atoms with van der Waals surface area (Å²) in [7, 11) is 6.19. The summed E-state index contributed by atoms with van der Waals surface area (Å²) in [6.45, 7) is 3.30. The number of aromatic nitrogens is 2. The van der Waals surface area contributed by atoms with E-state index in [1.165, 1.54) is 23.3 Å². The summed E-state index contributed by atoms with van der Waals surface area (Å²) in [6.07, 6.45) is 6.44. The maximum Gasteiger partial charge on any atom is 0.324 e. The Labute approximate surface area is 148 Å². The molecule has 0 spiro atoms. The standard InChI is InChI=1S/C17H28N6O2/c1-20(7-8-23-15(24)10-18-17(23)25)11-13-5-4-6-21(2)16(13)14-9-19-22(3)12-14/h9,12-13,16H,4-8,10-11H2,1-3H3,(H,18,25)/t13-,16+/m0/s1. The highest BCUT2D eigenvalue weighted by Crippen LogP contribution is 2.35. The topological polar surface area (TPSA) is 73.7 Å². The van der Waals surface area contributed by atoms with Crippen molar-refractivity contribution in [3.63, 3.8) is 0 Å². The van der Waals surface area contributed by atoms with Gasteiger partial charge in [0.2, 0.25) is 5.91 Å². The number of hydrogen-bond acceptors (Lipinski definition) is 5. The summed E-state index contributed by atoms with van der Waals surface area (Å²) < 4.78 is 1.86. The smallest absolute Gasteiger partial charge is 0.324 e. The van der Waals surface area contributed by atoms with E-state index < -0.39 is 0 Å². The van der Waals surface area contributed by atoms with Crippen LogP contribution >= 0.6 is 0 Å². The molecule has 0 aromatic carbocycles. The first kappa shape index (κ1) is 17.9. The maximum atomic E-state index is 11.7. The largest absolute Gasteiger partial charge is 0.329 e. The Morgan fingerprint density at radius 1 is 1.36 bits per heavy atom. The van der Waals surface area contributed by atoms with E-state index in [4.69, 9.17) is 0 Å². The molecule has 138 valence electrons. The second kappa shape index (κ2) is 7.53. The third kappa shape index (κ3) is 4.01. The molecule has 2 fully saturated rings. The number of carbonyl (C=O) groups excluding carboxylic acids is 2. The quantitative estimate of drug-likeness (QED) is 0.748. The Morgan fingerprint density at radius 3 is 2.80 bits per heavy atom. The van der Waals surface area contributed by atoms with E-state index in [9.17, 15) is 9.59 Å². The molecule has 2 saturated heterocycles. The number of imide groups is 1. The van der Waals surface area contributed by atoms with Crippen LogP contribution < -0.4 is 5.32 Å². The van der Waals surface area contributed by atoms with Gasteiger partial charge in [-0.15, -0.1) is 0 Å². The summed E-state index contributed by atoms with van der Waals surface area (Å²) in [6, 6.07) is 0.0886. The predicted molar refractivity (Wildman–Crippen MR) is 93.9 cm³/mol. The molecule has 1 aromatic rings. The fourth-order valence-electron chi connectivity index (χ4n) is 4.01. The number of hydrogen-bond donors (Lipinski definition) is 1. The van der Waals surface area contributed by atoms with Crippen molar-refractivity contribution in [2.45, 2.75) is 18.9 Å². The van der Waals surface area contributed by atoms with E-state index in [0.29, 0.717) is 25.0 Å². The van der Waals surface area contributed by atoms with Crippen molar-refractivity contribution < 1.29 is 9.59 Å². The van der Waals surface area contributed by atoms with Gasteiger partial charge in [0.1, 0.15) is 0 Å². The summed E-state index contributed by atoms with van der Waals surface area (Å²) in [4.78, 5) is 29.3. The van der Waals surface area contributed by atoms with E-state index >= 15 is 0 Å². The number of carbonyl (C=O) groups is 2. The normalized spacial score (nSPS) is 25.0. The number of nitrogens with one attached hydrogen (secondary N) is 1. The molecule has 2 aliphatic heterocycles. The molecule has 0 radical (unpaired) electrons. The number of aryl methyl sites for hydroxylation is 1. The molecule has 0 bridgehead atoms. The zero-order valence-electron chi connectivity index (χ0n) is 15.3. The van der Waals surface area contributed by atoms with Crippen LogP contribution in [0.4, 0.5) is 4.79 Å². The Kier molecular flexibility index (Phi) is 5.39. The van der Waals surface area contributed by atoms with Gasteiger partial charge in [-0.05, 0) is 39.4 Å². The number of rotatable bonds is 6. The van der Waals surface area contributed by atoms with Crippen LogP contribution in [0, 0.1) is 5.92 Å². The van der Waals surface area contributed by atoms with Gasteiger partial charge in [-0.3, -0.25) is 19.3 Å². The number of nitrogens with zero attached hydrogens (tertiary/aromatic N) is 5. The first-order valence-electron chi connectivity index (χ1n) is 8.91. The second-order valence-corrected chi connectivity index (χ2v) is 7.24. The van der Waals surface area contributed by atoms with Crippen molar-refractivity contribution in [2.24, 2.45) is 13.0 Å². The number of urea groups is 1. The lowest BCUT2D eigenvalue weighted by Gasteiger charge is -2.40. The van der Waals surface area contributed by atoms with E-state index in [2.05, 4.69) is 40.5 Å². The van der Waals surface area contributed by atoms with Crippen LogP contribution in [0.1, 0.15) is 24.4 Å². The molecule has 2 aliphatic rings. The van der Waals surface area contributed by atoms with Gasteiger partial charge in [-0.25, -0.2) is 4.79 Å². The molecule has 0 unspecified atom stereocenters. The molecular formula is C17H28N6O2. The van der Waals surface area contributed by atoms with Gasteiger partial charge in [0.05, 0.1) is 12.7 Å². The fourth-order valence-corrected chi connectivity index (χ4v) is 4.01. The first-order valence-corrected chi connectivity index (χ1v) is 8.91. The lowest BCUT2D eigenvalue weighted by atomic mass is 9.86. The number of likely N-dealkylation sites (N-methyl/N-ethyl adjacent to an activating group) is 1. The molecule has 25 heavy (non-hydrogen) atoms. The Balaban J connectivity index is 1.59. The highest BCUT2D eigenvalue weighted by atomic mass is 16.2. The van der Waals surface area contributed by atoms with Crippen LogP contribution in [0.5, 0.6) is 0 Å². The van der Waals surface area contributed by atoms with Gasteiger partial charge in [-0.2, -0.15) is 5.10 Å². The SMILES string of the molecule is CN(CCN1C(=O)CNC1=O)C[C@@H]1CCCN(C)[C@H]1c1cnn(C)c1. The lowest BCUT2D eigenvalue weighted by molar-refractivity contribution is -0.125.